The molecular formula is C25H31NO2. The molecule has 1 aliphatic carbocycles. The quantitative estimate of drug-likeness (QED) is 0.697. The lowest BCUT2D eigenvalue weighted by atomic mass is 9.71. The minimum atomic E-state index is 0.166. The number of amides is 1. The predicted octanol–water partition coefficient (Wildman–Crippen LogP) is 5.41. The molecule has 0 spiro atoms. The van der Waals surface area contributed by atoms with Gasteiger partial charge < -0.3 is 9.64 Å². The van der Waals surface area contributed by atoms with E-state index in [9.17, 15) is 4.79 Å². The molecule has 0 radical (unpaired) electrons. The summed E-state index contributed by atoms with van der Waals surface area (Å²) in [6.07, 6.45) is 6.47. The topological polar surface area (TPSA) is 29.5 Å². The number of rotatable bonds is 5. The van der Waals surface area contributed by atoms with Crippen LogP contribution in [0.1, 0.15) is 56.2 Å². The molecule has 2 aromatic rings. The Morgan fingerprint density at radius 2 is 1.79 bits per heavy atom. The second-order valence-corrected chi connectivity index (χ2v) is 8.49. The van der Waals surface area contributed by atoms with Crippen LogP contribution in [0.2, 0.25) is 0 Å². The van der Waals surface area contributed by atoms with Gasteiger partial charge in [0.2, 0.25) is 5.91 Å². The van der Waals surface area contributed by atoms with Crippen molar-refractivity contribution in [3.63, 3.8) is 0 Å². The number of nitrogens with zero attached hydrogens (tertiary/aromatic N) is 1. The predicted molar refractivity (Wildman–Crippen MR) is 112 cm³/mol. The van der Waals surface area contributed by atoms with Crippen LogP contribution in [0.5, 0.6) is 5.75 Å². The number of ether oxygens (including phenoxy) is 1. The minimum absolute atomic E-state index is 0.166. The molecule has 4 atom stereocenters. The number of likely N-dealkylation sites (tertiary alicyclic amines) is 1. The Kier molecular flexibility index (Phi) is 5.70. The highest BCUT2D eigenvalue weighted by Gasteiger charge is 2.41. The van der Waals surface area contributed by atoms with Crippen LogP contribution in [0.25, 0.3) is 0 Å². The fourth-order valence-corrected chi connectivity index (χ4v) is 5.32. The van der Waals surface area contributed by atoms with E-state index in [1.54, 1.807) is 7.11 Å². The van der Waals surface area contributed by atoms with E-state index in [1.165, 1.54) is 24.0 Å². The normalized spacial score (nSPS) is 25.9. The molecule has 3 nitrogen and oxygen atoms in total. The van der Waals surface area contributed by atoms with Crippen LogP contribution in [-0.4, -0.2) is 24.0 Å². The van der Waals surface area contributed by atoms with Gasteiger partial charge in [0.05, 0.1) is 13.2 Å². The summed E-state index contributed by atoms with van der Waals surface area (Å²) in [5, 5.41) is 0. The first-order valence-corrected chi connectivity index (χ1v) is 10.6. The van der Waals surface area contributed by atoms with Gasteiger partial charge in [-0.3, -0.25) is 4.79 Å². The Balaban J connectivity index is 1.44. The van der Waals surface area contributed by atoms with Crippen molar-refractivity contribution in [3.8, 4) is 5.75 Å². The number of methoxy groups -OCH3 is 1. The summed E-state index contributed by atoms with van der Waals surface area (Å²) in [6.45, 7) is 2.19. The third-order valence-corrected chi connectivity index (χ3v) is 6.81. The Morgan fingerprint density at radius 3 is 2.50 bits per heavy atom. The molecule has 0 bridgehead atoms. The highest BCUT2D eigenvalue weighted by molar-refractivity contribution is 5.78. The molecule has 1 saturated heterocycles. The monoisotopic (exact) mass is 377 g/mol. The summed E-state index contributed by atoms with van der Waals surface area (Å²) in [7, 11) is 1.71. The number of benzene rings is 2. The van der Waals surface area contributed by atoms with Crippen molar-refractivity contribution < 1.29 is 9.53 Å². The molecule has 4 rings (SSSR count). The summed E-state index contributed by atoms with van der Waals surface area (Å²) in [5.74, 6) is 2.62. The molecule has 28 heavy (non-hydrogen) atoms. The fourth-order valence-electron chi connectivity index (χ4n) is 5.32. The first-order valence-electron chi connectivity index (χ1n) is 10.6. The molecule has 1 amide bonds. The Hall–Kier alpha value is -2.29. The van der Waals surface area contributed by atoms with Gasteiger partial charge in [0.15, 0.2) is 0 Å². The average Bonchev–Trinajstić information content (AvgIpc) is 2.74. The SMILES string of the molecule is COc1ccc(C[C@@H]2CC[C@H]3C(CCC(=O)N3C(C)c3ccccc3)C2)cc1. The van der Waals surface area contributed by atoms with Crippen molar-refractivity contribution in [1.29, 1.82) is 0 Å². The van der Waals surface area contributed by atoms with E-state index >= 15 is 0 Å². The summed E-state index contributed by atoms with van der Waals surface area (Å²) < 4.78 is 5.27. The molecule has 2 fully saturated rings. The maximum Gasteiger partial charge on any atom is 0.223 e. The van der Waals surface area contributed by atoms with E-state index in [0.717, 1.165) is 30.9 Å². The molecule has 1 aliphatic heterocycles. The van der Waals surface area contributed by atoms with Gasteiger partial charge in [-0.15, -0.1) is 0 Å². The van der Waals surface area contributed by atoms with Gasteiger partial charge in [-0.05, 0) is 74.1 Å². The first-order chi connectivity index (χ1) is 13.7. The van der Waals surface area contributed by atoms with E-state index in [2.05, 4.69) is 60.4 Å². The molecule has 1 heterocycles. The van der Waals surface area contributed by atoms with Crippen LogP contribution in [0, 0.1) is 11.8 Å². The van der Waals surface area contributed by atoms with Crippen molar-refractivity contribution in [3.05, 3.63) is 65.7 Å². The van der Waals surface area contributed by atoms with Crippen LogP contribution in [0.15, 0.2) is 54.6 Å². The highest BCUT2D eigenvalue weighted by Crippen LogP contribution is 2.42. The van der Waals surface area contributed by atoms with Crippen molar-refractivity contribution >= 4 is 5.91 Å². The minimum Gasteiger partial charge on any atom is -0.497 e. The van der Waals surface area contributed by atoms with Crippen molar-refractivity contribution in [2.75, 3.05) is 7.11 Å². The van der Waals surface area contributed by atoms with Gasteiger partial charge in [0.1, 0.15) is 5.75 Å². The van der Waals surface area contributed by atoms with Crippen LogP contribution < -0.4 is 4.74 Å². The van der Waals surface area contributed by atoms with Crippen LogP contribution in [-0.2, 0) is 11.2 Å². The Morgan fingerprint density at radius 1 is 1.04 bits per heavy atom. The summed E-state index contributed by atoms with van der Waals surface area (Å²) in [5.41, 5.74) is 2.64. The van der Waals surface area contributed by atoms with Gasteiger partial charge in [0.25, 0.3) is 0 Å². The standard InChI is InChI=1S/C25H31NO2/c1-18(21-6-4-3-5-7-21)26-24-14-10-20(17-22(24)11-15-25(26)27)16-19-8-12-23(28-2)13-9-19/h3-9,12-13,18,20,22,24H,10-11,14-17H2,1-2H3/t18?,20-,22?,24-/m0/s1. The fraction of sp³-hybridized carbons (Fsp3) is 0.480. The van der Waals surface area contributed by atoms with E-state index in [1.807, 2.05) is 6.07 Å². The maximum absolute atomic E-state index is 12.8. The Labute approximate surface area is 168 Å². The number of carbonyl (C=O) groups excluding carboxylic acids is 1. The van der Waals surface area contributed by atoms with Gasteiger partial charge in [0, 0.05) is 12.5 Å². The first kappa shape index (κ1) is 19.0. The van der Waals surface area contributed by atoms with Gasteiger partial charge in [-0.2, -0.15) is 0 Å². The lowest BCUT2D eigenvalue weighted by molar-refractivity contribution is -0.144. The molecule has 0 N–H and O–H groups in total. The third kappa shape index (κ3) is 3.94. The van der Waals surface area contributed by atoms with Crippen LogP contribution >= 0.6 is 0 Å². The highest BCUT2D eigenvalue weighted by atomic mass is 16.5. The number of hydrogen-bond acceptors (Lipinski definition) is 2. The zero-order valence-electron chi connectivity index (χ0n) is 17.0. The second-order valence-electron chi connectivity index (χ2n) is 8.49. The Bertz CT molecular complexity index is 786. The second kappa shape index (κ2) is 8.38. The van der Waals surface area contributed by atoms with Gasteiger partial charge in [-0.25, -0.2) is 0 Å². The molecular weight excluding hydrogens is 346 g/mol. The number of fused-ring (bicyclic) bond motifs is 1. The molecule has 2 unspecified atom stereocenters. The number of carbonyl (C=O) groups is 1. The van der Waals surface area contributed by atoms with Crippen molar-refractivity contribution in [2.45, 2.75) is 57.5 Å². The van der Waals surface area contributed by atoms with Crippen molar-refractivity contribution in [2.24, 2.45) is 11.8 Å². The number of piperidine rings is 1. The summed E-state index contributed by atoms with van der Waals surface area (Å²) in [4.78, 5) is 15.0. The number of hydrogen-bond donors (Lipinski definition) is 0. The van der Waals surface area contributed by atoms with Crippen molar-refractivity contribution in [1.82, 2.24) is 4.90 Å². The van der Waals surface area contributed by atoms with E-state index < -0.39 is 0 Å². The van der Waals surface area contributed by atoms with Gasteiger partial charge in [-0.1, -0.05) is 42.5 Å². The summed E-state index contributed by atoms with van der Waals surface area (Å²) in [6, 6.07) is 19.6. The molecule has 0 aromatic heterocycles. The van der Waals surface area contributed by atoms with E-state index in [0.29, 0.717) is 24.3 Å². The van der Waals surface area contributed by atoms with Crippen LogP contribution in [0.4, 0.5) is 0 Å². The van der Waals surface area contributed by atoms with Crippen LogP contribution in [0.3, 0.4) is 0 Å². The summed E-state index contributed by atoms with van der Waals surface area (Å²) >= 11 is 0. The van der Waals surface area contributed by atoms with E-state index in [4.69, 9.17) is 4.74 Å². The average molecular weight is 378 g/mol. The lowest BCUT2D eigenvalue weighted by Gasteiger charge is -2.48. The third-order valence-electron chi connectivity index (χ3n) is 6.81. The van der Waals surface area contributed by atoms with Gasteiger partial charge >= 0.3 is 0 Å². The molecule has 3 heteroatoms. The zero-order valence-corrected chi connectivity index (χ0v) is 17.0. The zero-order chi connectivity index (χ0) is 19.5. The molecule has 148 valence electrons. The molecule has 2 aromatic carbocycles. The molecule has 1 saturated carbocycles. The lowest BCUT2D eigenvalue weighted by Crippen LogP contribution is -2.51. The largest absolute Gasteiger partial charge is 0.497 e. The van der Waals surface area contributed by atoms with E-state index in [-0.39, 0.29) is 6.04 Å². The molecule has 2 aliphatic rings. The maximum atomic E-state index is 12.8. The smallest absolute Gasteiger partial charge is 0.223 e.